The van der Waals surface area contributed by atoms with Crippen molar-refractivity contribution >= 4 is 33.2 Å². The highest BCUT2D eigenvalue weighted by Gasteiger charge is 2.15. The lowest BCUT2D eigenvalue weighted by Gasteiger charge is -2.20. The molecular weight excluding hydrogens is 436 g/mol. The fraction of sp³-hybridized carbons (Fsp3) is 0.136. The van der Waals surface area contributed by atoms with Crippen molar-refractivity contribution in [3.05, 3.63) is 71.2 Å². The van der Waals surface area contributed by atoms with Crippen LogP contribution in [-0.2, 0) is 4.79 Å². The van der Waals surface area contributed by atoms with Crippen molar-refractivity contribution in [3.63, 3.8) is 0 Å². The second-order valence-corrected chi connectivity index (χ2v) is 7.14. The molecule has 148 valence electrons. The van der Waals surface area contributed by atoms with E-state index in [0.717, 1.165) is 10.2 Å². The summed E-state index contributed by atoms with van der Waals surface area (Å²) >= 11 is 3.49. The third-order valence-corrected chi connectivity index (χ3v) is 4.86. The molecule has 1 heterocycles. The van der Waals surface area contributed by atoms with Crippen molar-refractivity contribution in [1.82, 2.24) is 0 Å². The van der Waals surface area contributed by atoms with Gasteiger partial charge in [-0.2, -0.15) is 0 Å². The van der Waals surface area contributed by atoms with Crippen LogP contribution < -0.4 is 24.8 Å². The zero-order valence-electron chi connectivity index (χ0n) is 15.5. The fourth-order valence-electron chi connectivity index (χ4n) is 2.84. The summed E-state index contributed by atoms with van der Waals surface area (Å²) in [6.45, 7) is 1.11. The van der Waals surface area contributed by atoms with Gasteiger partial charge in [-0.25, -0.2) is 0 Å². The molecule has 1 aliphatic heterocycles. The maximum Gasteiger partial charge on any atom is 0.243 e. The van der Waals surface area contributed by atoms with E-state index >= 15 is 0 Å². The van der Waals surface area contributed by atoms with Crippen LogP contribution in [0.5, 0.6) is 23.0 Å². The van der Waals surface area contributed by atoms with Crippen LogP contribution in [0.4, 0.5) is 11.4 Å². The number of anilines is 2. The molecule has 2 N–H and O–H groups in total. The minimum atomic E-state index is -0.198. The number of carbonyl (C=O) groups is 1. The zero-order chi connectivity index (χ0) is 20.1. The Morgan fingerprint density at radius 2 is 1.62 bits per heavy atom. The second kappa shape index (κ2) is 8.87. The molecule has 7 heteroatoms. The van der Waals surface area contributed by atoms with Crippen LogP contribution in [0.15, 0.2) is 71.2 Å². The summed E-state index contributed by atoms with van der Waals surface area (Å²) < 4.78 is 17.8. The van der Waals surface area contributed by atoms with Gasteiger partial charge >= 0.3 is 0 Å². The Kier molecular flexibility index (Phi) is 5.86. The molecule has 0 aromatic heterocycles. The van der Waals surface area contributed by atoms with Gasteiger partial charge in [0.15, 0.2) is 17.2 Å². The SMILES string of the molecule is O=C(CNc1cc2c(cc1Br)OCCO2)Nc1ccccc1Oc1ccccc1. The maximum atomic E-state index is 12.5. The van der Waals surface area contributed by atoms with Crippen LogP contribution in [0.3, 0.4) is 0 Å². The number of ether oxygens (including phenoxy) is 3. The summed E-state index contributed by atoms with van der Waals surface area (Å²) in [4.78, 5) is 12.5. The van der Waals surface area contributed by atoms with Gasteiger partial charge < -0.3 is 24.8 Å². The van der Waals surface area contributed by atoms with E-state index in [0.29, 0.717) is 41.9 Å². The van der Waals surface area contributed by atoms with Crippen molar-refractivity contribution in [2.24, 2.45) is 0 Å². The minimum absolute atomic E-state index is 0.0813. The van der Waals surface area contributed by atoms with E-state index in [4.69, 9.17) is 14.2 Å². The van der Waals surface area contributed by atoms with Crippen LogP contribution in [0.1, 0.15) is 0 Å². The standard InChI is InChI=1S/C22H19BrN2O4/c23-16-12-20-21(28-11-10-27-20)13-18(16)24-14-22(26)25-17-8-4-5-9-19(17)29-15-6-2-1-3-7-15/h1-9,12-13,24H,10-11,14H2,(H,25,26). The summed E-state index contributed by atoms with van der Waals surface area (Å²) in [6.07, 6.45) is 0. The predicted molar refractivity (Wildman–Crippen MR) is 115 cm³/mol. The van der Waals surface area contributed by atoms with Crippen molar-refractivity contribution in [3.8, 4) is 23.0 Å². The number of fused-ring (bicyclic) bond motifs is 1. The van der Waals surface area contributed by atoms with E-state index < -0.39 is 0 Å². The van der Waals surface area contributed by atoms with Crippen LogP contribution in [0, 0.1) is 0 Å². The number of amides is 1. The quantitative estimate of drug-likeness (QED) is 0.544. The van der Waals surface area contributed by atoms with Crippen molar-refractivity contribution in [1.29, 1.82) is 0 Å². The van der Waals surface area contributed by atoms with E-state index in [2.05, 4.69) is 26.6 Å². The average molecular weight is 455 g/mol. The molecule has 0 saturated heterocycles. The third kappa shape index (κ3) is 4.81. The third-order valence-electron chi connectivity index (χ3n) is 4.20. The van der Waals surface area contributed by atoms with Gasteiger partial charge in [0.2, 0.25) is 5.91 Å². The summed E-state index contributed by atoms with van der Waals surface area (Å²) in [5.41, 5.74) is 1.35. The van der Waals surface area contributed by atoms with E-state index in [1.807, 2.05) is 60.7 Å². The number of rotatable bonds is 6. The van der Waals surface area contributed by atoms with E-state index in [9.17, 15) is 4.79 Å². The Balaban J connectivity index is 1.41. The van der Waals surface area contributed by atoms with Crippen LogP contribution >= 0.6 is 15.9 Å². The number of carbonyl (C=O) groups excluding carboxylic acids is 1. The molecule has 29 heavy (non-hydrogen) atoms. The van der Waals surface area contributed by atoms with Gasteiger partial charge in [-0.15, -0.1) is 0 Å². The summed E-state index contributed by atoms with van der Waals surface area (Å²) in [7, 11) is 0. The molecule has 3 aromatic carbocycles. The van der Waals surface area contributed by atoms with Crippen molar-refractivity contribution < 1.29 is 19.0 Å². The predicted octanol–water partition coefficient (Wildman–Crippen LogP) is 5.06. The first-order valence-electron chi connectivity index (χ1n) is 9.14. The number of nitrogens with one attached hydrogen (secondary N) is 2. The van der Waals surface area contributed by atoms with Gasteiger partial charge in [-0.05, 0) is 40.2 Å². The molecule has 0 unspecified atom stereocenters. The Morgan fingerprint density at radius 1 is 0.931 bits per heavy atom. The first-order valence-corrected chi connectivity index (χ1v) is 9.93. The topological polar surface area (TPSA) is 68.8 Å². The first kappa shape index (κ1) is 19.1. The molecule has 0 aliphatic carbocycles. The summed E-state index contributed by atoms with van der Waals surface area (Å²) in [5.74, 6) is 2.42. The lowest BCUT2D eigenvalue weighted by molar-refractivity contribution is -0.114. The summed E-state index contributed by atoms with van der Waals surface area (Å²) in [5, 5.41) is 6.00. The van der Waals surface area contributed by atoms with Gasteiger partial charge in [0.1, 0.15) is 19.0 Å². The highest BCUT2D eigenvalue weighted by Crippen LogP contribution is 2.38. The number of halogens is 1. The van der Waals surface area contributed by atoms with Crippen LogP contribution in [-0.4, -0.2) is 25.7 Å². The molecule has 4 rings (SSSR count). The Hall–Kier alpha value is -3.19. The largest absolute Gasteiger partial charge is 0.486 e. The molecule has 0 spiro atoms. The average Bonchev–Trinajstić information content (AvgIpc) is 2.74. The molecule has 6 nitrogen and oxygen atoms in total. The number of hydrogen-bond acceptors (Lipinski definition) is 5. The zero-order valence-corrected chi connectivity index (χ0v) is 17.1. The lowest BCUT2D eigenvalue weighted by atomic mass is 10.2. The van der Waals surface area contributed by atoms with Crippen molar-refractivity contribution in [2.45, 2.75) is 0 Å². The van der Waals surface area contributed by atoms with Gasteiger partial charge in [-0.1, -0.05) is 30.3 Å². The highest BCUT2D eigenvalue weighted by atomic mass is 79.9. The molecular formula is C22H19BrN2O4. The fourth-order valence-corrected chi connectivity index (χ4v) is 3.31. The Bertz CT molecular complexity index is 1010. The number of para-hydroxylation sites is 3. The van der Waals surface area contributed by atoms with Crippen molar-refractivity contribution in [2.75, 3.05) is 30.4 Å². The molecule has 3 aromatic rings. The maximum absolute atomic E-state index is 12.5. The molecule has 0 atom stereocenters. The number of hydrogen-bond donors (Lipinski definition) is 2. The Labute approximate surface area is 176 Å². The van der Waals surface area contributed by atoms with E-state index in [-0.39, 0.29) is 12.5 Å². The minimum Gasteiger partial charge on any atom is -0.486 e. The highest BCUT2D eigenvalue weighted by molar-refractivity contribution is 9.10. The molecule has 0 radical (unpaired) electrons. The molecule has 0 fully saturated rings. The van der Waals surface area contributed by atoms with Crippen LogP contribution in [0.25, 0.3) is 0 Å². The molecule has 0 saturated carbocycles. The Morgan fingerprint density at radius 3 is 2.41 bits per heavy atom. The van der Waals surface area contributed by atoms with Gasteiger partial charge in [0.25, 0.3) is 0 Å². The molecule has 0 bridgehead atoms. The molecule has 1 aliphatic rings. The monoisotopic (exact) mass is 454 g/mol. The van der Waals surface area contributed by atoms with E-state index in [1.54, 1.807) is 6.07 Å². The molecule has 1 amide bonds. The number of benzene rings is 3. The summed E-state index contributed by atoms with van der Waals surface area (Å²) in [6, 6.07) is 20.4. The first-order chi connectivity index (χ1) is 14.2. The van der Waals surface area contributed by atoms with Gasteiger partial charge in [0.05, 0.1) is 17.9 Å². The van der Waals surface area contributed by atoms with E-state index in [1.165, 1.54) is 0 Å². The van der Waals surface area contributed by atoms with Gasteiger partial charge in [0, 0.05) is 16.6 Å². The van der Waals surface area contributed by atoms with Crippen LogP contribution in [0.2, 0.25) is 0 Å². The smallest absolute Gasteiger partial charge is 0.243 e. The lowest BCUT2D eigenvalue weighted by Crippen LogP contribution is -2.22. The van der Waals surface area contributed by atoms with Gasteiger partial charge in [-0.3, -0.25) is 4.79 Å². The second-order valence-electron chi connectivity index (χ2n) is 6.29. The normalized spacial score (nSPS) is 12.2.